The molecule has 7 heteroatoms. The zero-order valence-corrected chi connectivity index (χ0v) is 14.8. The van der Waals surface area contributed by atoms with Crippen molar-refractivity contribution in [2.75, 3.05) is 19.3 Å². The monoisotopic (exact) mass is 330 g/mol. The van der Waals surface area contributed by atoms with Gasteiger partial charge < -0.3 is 5.32 Å². The first-order valence-corrected chi connectivity index (χ1v) is 8.57. The molecule has 0 radical (unpaired) electrons. The summed E-state index contributed by atoms with van der Waals surface area (Å²) < 4.78 is 0. The number of nitrogens with one attached hydrogen (secondary N) is 1. The Bertz CT molecular complexity index is 474. The Balaban J connectivity index is 2.62. The Hall–Kier alpha value is -0.850. The van der Waals surface area contributed by atoms with Crippen molar-refractivity contribution in [3.8, 4) is 0 Å². The van der Waals surface area contributed by atoms with Crippen molar-refractivity contribution >= 4 is 29.3 Å². The van der Waals surface area contributed by atoms with Crippen LogP contribution in [0.15, 0.2) is 11.4 Å². The number of rotatable bonds is 7. The fourth-order valence-electron chi connectivity index (χ4n) is 2.10. The molecule has 0 bridgehead atoms. The normalized spacial score (nSPS) is 11.5. The minimum absolute atomic E-state index is 0.233. The number of thioether (sulfide) groups is 1. The fourth-order valence-corrected chi connectivity index (χ4v) is 2.62. The molecule has 0 spiro atoms. The van der Waals surface area contributed by atoms with E-state index >= 15 is 0 Å². The van der Waals surface area contributed by atoms with E-state index in [2.05, 4.69) is 47.9 Å². The molecular formula is C14H23ClN4OS. The maximum Gasteiger partial charge on any atom is 0.271 e. The van der Waals surface area contributed by atoms with Crippen LogP contribution in [0.2, 0.25) is 5.02 Å². The van der Waals surface area contributed by atoms with Crippen molar-refractivity contribution < 1.29 is 4.79 Å². The molecule has 0 fully saturated rings. The van der Waals surface area contributed by atoms with Crippen LogP contribution < -0.4 is 5.32 Å². The number of carbonyl (C=O) groups is 1. The molecule has 5 nitrogen and oxygen atoms in total. The third kappa shape index (κ3) is 5.45. The van der Waals surface area contributed by atoms with Crippen LogP contribution in [0.5, 0.6) is 0 Å². The summed E-state index contributed by atoms with van der Waals surface area (Å²) in [5.74, 6) is -0.259. The van der Waals surface area contributed by atoms with Gasteiger partial charge >= 0.3 is 0 Å². The highest BCUT2D eigenvalue weighted by molar-refractivity contribution is 7.98. The van der Waals surface area contributed by atoms with Crippen LogP contribution in [0, 0.1) is 0 Å². The van der Waals surface area contributed by atoms with Crippen LogP contribution in [-0.2, 0) is 0 Å². The van der Waals surface area contributed by atoms with Crippen molar-refractivity contribution in [3.05, 3.63) is 16.9 Å². The molecule has 1 aromatic rings. The van der Waals surface area contributed by atoms with Crippen molar-refractivity contribution in [1.82, 2.24) is 20.2 Å². The lowest BCUT2D eigenvalue weighted by molar-refractivity contribution is 0.0933. The number of carbonyl (C=O) groups excluding carboxylic acids is 1. The lowest BCUT2D eigenvalue weighted by Crippen LogP contribution is -2.42. The summed E-state index contributed by atoms with van der Waals surface area (Å²) in [5.41, 5.74) is 0.233. The third-order valence-corrected chi connectivity index (χ3v) is 3.94. The van der Waals surface area contributed by atoms with Gasteiger partial charge in [-0.1, -0.05) is 23.4 Å². The molecule has 0 aromatic carbocycles. The largest absolute Gasteiger partial charge is 0.349 e. The average Bonchev–Trinajstić information content (AvgIpc) is 2.43. The lowest BCUT2D eigenvalue weighted by atomic mass is 10.2. The van der Waals surface area contributed by atoms with Gasteiger partial charge in [0.05, 0.1) is 11.2 Å². The molecule has 21 heavy (non-hydrogen) atoms. The van der Waals surface area contributed by atoms with E-state index in [1.165, 1.54) is 18.0 Å². The second kappa shape index (κ2) is 8.56. The zero-order valence-electron chi connectivity index (χ0n) is 13.2. The van der Waals surface area contributed by atoms with Gasteiger partial charge in [-0.25, -0.2) is 9.97 Å². The smallest absolute Gasteiger partial charge is 0.271 e. The minimum atomic E-state index is -0.259. The van der Waals surface area contributed by atoms with E-state index < -0.39 is 0 Å². The summed E-state index contributed by atoms with van der Waals surface area (Å²) in [7, 11) is 0. The Morgan fingerprint density at radius 2 is 2.00 bits per heavy atom. The first-order valence-electron chi connectivity index (χ1n) is 6.97. The Morgan fingerprint density at radius 3 is 2.52 bits per heavy atom. The van der Waals surface area contributed by atoms with Gasteiger partial charge in [-0.15, -0.1) is 0 Å². The summed E-state index contributed by atoms with van der Waals surface area (Å²) in [4.78, 5) is 22.6. The van der Waals surface area contributed by atoms with Crippen molar-refractivity contribution in [3.63, 3.8) is 0 Å². The molecule has 1 amide bonds. The highest BCUT2D eigenvalue weighted by Crippen LogP contribution is 2.16. The first-order chi connectivity index (χ1) is 9.86. The van der Waals surface area contributed by atoms with Crippen LogP contribution in [0.3, 0.4) is 0 Å². The number of nitrogens with zero attached hydrogens (tertiary/aromatic N) is 3. The molecule has 1 heterocycles. The molecular weight excluding hydrogens is 308 g/mol. The molecule has 1 aromatic heterocycles. The number of aromatic nitrogens is 2. The fraction of sp³-hybridized carbons (Fsp3) is 0.643. The van der Waals surface area contributed by atoms with Crippen LogP contribution in [0.4, 0.5) is 0 Å². The summed E-state index contributed by atoms with van der Waals surface area (Å²) in [6.07, 6.45) is 3.32. The molecule has 0 saturated carbocycles. The van der Waals surface area contributed by atoms with Crippen molar-refractivity contribution in [1.29, 1.82) is 0 Å². The number of hydrogen-bond donors (Lipinski definition) is 1. The molecule has 118 valence electrons. The second-order valence-corrected chi connectivity index (χ2v) is 6.42. The van der Waals surface area contributed by atoms with E-state index in [1.807, 2.05) is 6.26 Å². The molecule has 0 saturated heterocycles. The highest BCUT2D eigenvalue weighted by Gasteiger charge is 2.16. The molecule has 1 N–H and O–H groups in total. The van der Waals surface area contributed by atoms with E-state index in [1.54, 1.807) is 0 Å². The van der Waals surface area contributed by atoms with Gasteiger partial charge in [0.15, 0.2) is 10.9 Å². The van der Waals surface area contributed by atoms with Gasteiger partial charge in [0.1, 0.15) is 0 Å². The molecule has 0 unspecified atom stereocenters. The molecule has 0 aliphatic carbocycles. The van der Waals surface area contributed by atoms with Gasteiger partial charge in [-0.3, -0.25) is 9.69 Å². The van der Waals surface area contributed by atoms with Gasteiger partial charge in [0.25, 0.3) is 5.91 Å². The summed E-state index contributed by atoms with van der Waals surface area (Å²) >= 11 is 7.36. The predicted molar refractivity (Wildman–Crippen MR) is 88.1 cm³/mol. The molecule has 0 aliphatic heterocycles. The van der Waals surface area contributed by atoms with Crippen molar-refractivity contribution in [2.45, 2.75) is 44.9 Å². The third-order valence-electron chi connectivity index (χ3n) is 3.10. The van der Waals surface area contributed by atoms with Crippen LogP contribution in [0.1, 0.15) is 38.2 Å². The zero-order chi connectivity index (χ0) is 16.0. The number of hydrogen-bond acceptors (Lipinski definition) is 5. The summed E-state index contributed by atoms with van der Waals surface area (Å²) in [6, 6.07) is 0.875. The number of halogens is 1. The van der Waals surface area contributed by atoms with E-state index in [0.29, 0.717) is 23.8 Å². The SMILES string of the molecule is CSc1ncc(Cl)c(C(=O)NCCN(C(C)C)C(C)C)n1. The topological polar surface area (TPSA) is 58.1 Å². The lowest BCUT2D eigenvalue weighted by Gasteiger charge is -2.30. The van der Waals surface area contributed by atoms with Gasteiger partial charge in [0, 0.05) is 25.2 Å². The van der Waals surface area contributed by atoms with Gasteiger partial charge in [-0.2, -0.15) is 0 Å². The highest BCUT2D eigenvalue weighted by atomic mass is 35.5. The molecule has 0 atom stereocenters. The Labute approximate surface area is 135 Å². The van der Waals surface area contributed by atoms with Gasteiger partial charge in [0.2, 0.25) is 0 Å². The van der Waals surface area contributed by atoms with Crippen molar-refractivity contribution in [2.24, 2.45) is 0 Å². The second-order valence-electron chi connectivity index (χ2n) is 5.23. The maximum absolute atomic E-state index is 12.1. The van der Waals surface area contributed by atoms with E-state index in [4.69, 9.17) is 11.6 Å². The van der Waals surface area contributed by atoms with E-state index in [-0.39, 0.29) is 16.6 Å². The quantitative estimate of drug-likeness (QED) is 0.615. The Morgan fingerprint density at radius 1 is 1.38 bits per heavy atom. The van der Waals surface area contributed by atoms with E-state index in [0.717, 1.165) is 6.54 Å². The van der Waals surface area contributed by atoms with Gasteiger partial charge in [-0.05, 0) is 34.0 Å². The maximum atomic E-state index is 12.1. The average molecular weight is 331 g/mol. The van der Waals surface area contributed by atoms with Crippen LogP contribution >= 0.6 is 23.4 Å². The number of amides is 1. The Kier molecular flexibility index (Phi) is 7.42. The van der Waals surface area contributed by atoms with Crippen LogP contribution in [-0.4, -0.2) is 52.2 Å². The summed E-state index contributed by atoms with van der Waals surface area (Å²) in [5, 5.41) is 3.68. The molecule has 0 aliphatic rings. The predicted octanol–water partition coefficient (Wildman–Crippen LogP) is 2.70. The summed E-state index contributed by atoms with van der Waals surface area (Å²) in [6.45, 7) is 9.94. The standard InChI is InChI=1S/C14H23ClN4OS/c1-9(2)19(10(3)4)7-6-16-13(20)12-11(15)8-17-14(18-12)21-5/h8-10H,6-7H2,1-5H3,(H,16,20). The van der Waals surface area contributed by atoms with E-state index in [9.17, 15) is 4.79 Å². The van der Waals surface area contributed by atoms with Crippen LogP contribution in [0.25, 0.3) is 0 Å². The first kappa shape index (κ1) is 18.2. The molecule has 1 rings (SSSR count). The minimum Gasteiger partial charge on any atom is -0.349 e.